The van der Waals surface area contributed by atoms with Crippen molar-refractivity contribution in [1.82, 2.24) is 4.98 Å². The topological polar surface area (TPSA) is 12.9 Å². The van der Waals surface area contributed by atoms with E-state index in [1.165, 1.54) is 17.4 Å². The van der Waals surface area contributed by atoms with Crippen molar-refractivity contribution in [1.29, 1.82) is 0 Å². The minimum Gasteiger partial charge on any atom is -0.244 e. The van der Waals surface area contributed by atoms with Gasteiger partial charge >= 0.3 is 0 Å². The fourth-order valence-corrected chi connectivity index (χ4v) is 2.61. The van der Waals surface area contributed by atoms with Gasteiger partial charge in [-0.15, -0.1) is 11.3 Å². The van der Waals surface area contributed by atoms with Crippen molar-refractivity contribution < 1.29 is 8.78 Å². The molecule has 1 nitrogen and oxygen atoms in total. The van der Waals surface area contributed by atoms with Crippen LogP contribution in [0, 0.1) is 18.6 Å². The fraction of sp³-hybridized carbons (Fsp3) is 0.100. The Morgan fingerprint density at radius 1 is 1.33 bits per heavy atom. The van der Waals surface area contributed by atoms with E-state index >= 15 is 0 Å². The molecule has 2 aromatic rings. The monoisotopic (exact) mass is 289 g/mol. The lowest BCUT2D eigenvalue weighted by Crippen LogP contribution is -1.88. The summed E-state index contributed by atoms with van der Waals surface area (Å²) in [6.45, 7) is 1.91. The SMILES string of the molecule is Cc1cnc(-c2ccc(F)c(F)c2Br)s1. The molecule has 2 rings (SSSR count). The fourth-order valence-electron chi connectivity index (χ4n) is 1.17. The van der Waals surface area contributed by atoms with Crippen molar-refractivity contribution in [2.24, 2.45) is 0 Å². The molecule has 0 aliphatic rings. The van der Waals surface area contributed by atoms with Crippen LogP contribution in [0.4, 0.5) is 8.78 Å². The Balaban J connectivity index is 2.59. The molecule has 5 heteroatoms. The van der Waals surface area contributed by atoms with E-state index < -0.39 is 11.6 Å². The van der Waals surface area contributed by atoms with Crippen LogP contribution in [0.1, 0.15) is 4.88 Å². The number of rotatable bonds is 1. The highest BCUT2D eigenvalue weighted by molar-refractivity contribution is 9.10. The van der Waals surface area contributed by atoms with Crippen LogP contribution in [0.5, 0.6) is 0 Å². The smallest absolute Gasteiger partial charge is 0.173 e. The third-order valence-corrected chi connectivity index (χ3v) is 3.61. The molecular formula is C10H6BrF2NS. The van der Waals surface area contributed by atoms with Crippen molar-refractivity contribution in [3.8, 4) is 10.6 Å². The second-order valence-electron chi connectivity index (χ2n) is 3.00. The first-order valence-corrected chi connectivity index (χ1v) is 5.77. The number of hydrogen-bond donors (Lipinski definition) is 0. The second kappa shape index (κ2) is 3.98. The summed E-state index contributed by atoms with van der Waals surface area (Å²) in [7, 11) is 0. The quantitative estimate of drug-likeness (QED) is 0.719. The Kier molecular flexibility index (Phi) is 2.84. The minimum atomic E-state index is -0.875. The van der Waals surface area contributed by atoms with Gasteiger partial charge in [0.1, 0.15) is 5.01 Å². The molecule has 0 N–H and O–H groups in total. The Bertz CT molecular complexity index is 510. The predicted octanol–water partition coefficient (Wildman–Crippen LogP) is 4.16. The number of hydrogen-bond acceptors (Lipinski definition) is 2. The van der Waals surface area contributed by atoms with Gasteiger partial charge in [0.2, 0.25) is 0 Å². The van der Waals surface area contributed by atoms with Crippen LogP contribution in [0.2, 0.25) is 0 Å². The molecule has 1 aromatic heterocycles. The standard InChI is InChI=1S/C10H6BrF2NS/c1-5-4-14-10(15-5)6-2-3-7(12)9(13)8(6)11/h2-4H,1H3. The maximum absolute atomic E-state index is 13.2. The molecule has 78 valence electrons. The molecule has 0 spiro atoms. The van der Waals surface area contributed by atoms with Crippen LogP contribution < -0.4 is 0 Å². The zero-order chi connectivity index (χ0) is 11.0. The maximum atomic E-state index is 13.2. The number of aryl methyl sites for hydroxylation is 1. The van der Waals surface area contributed by atoms with E-state index in [-0.39, 0.29) is 4.47 Å². The van der Waals surface area contributed by atoms with E-state index in [9.17, 15) is 8.78 Å². The highest BCUT2D eigenvalue weighted by Gasteiger charge is 2.14. The summed E-state index contributed by atoms with van der Waals surface area (Å²) in [5.41, 5.74) is 0.576. The number of halogens is 3. The van der Waals surface area contributed by atoms with Gasteiger partial charge in [-0.25, -0.2) is 13.8 Å². The van der Waals surface area contributed by atoms with Crippen molar-refractivity contribution in [2.45, 2.75) is 6.92 Å². The Labute approximate surface area is 97.9 Å². The molecule has 0 saturated carbocycles. The van der Waals surface area contributed by atoms with Crippen LogP contribution in [0.3, 0.4) is 0 Å². The first-order valence-electron chi connectivity index (χ1n) is 4.16. The predicted molar refractivity (Wildman–Crippen MR) is 59.9 cm³/mol. The average molecular weight is 290 g/mol. The van der Waals surface area contributed by atoms with E-state index in [0.717, 1.165) is 10.9 Å². The molecule has 0 unspecified atom stereocenters. The van der Waals surface area contributed by atoms with E-state index in [0.29, 0.717) is 10.6 Å². The molecule has 1 heterocycles. The van der Waals surface area contributed by atoms with Crippen LogP contribution in [-0.4, -0.2) is 4.98 Å². The number of thiazole rings is 1. The lowest BCUT2D eigenvalue weighted by Gasteiger charge is -2.02. The summed E-state index contributed by atoms with van der Waals surface area (Å²) >= 11 is 4.47. The van der Waals surface area contributed by atoms with Gasteiger partial charge in [-0.3, -0.25) is 0 Å². The molecule has 0 atom stereocenters. The van der Waals surface area contributed by atoms with Gasteiger partial charge in [0.15, 0.2) is 11.6 Å². The third-order valence-electron chi connectivity index (χ3n) is 1.89. The van der Waals surface area contributed by atoms with E-state index in [2.05, 4.69) is 20.9 Å². The summed E-state index contributed by atoms with van der Waals surface area (Å²) < 4.78 is 26.2. The number of nitrogens with zero attached hydrogens (tertiary/aromatic N) is 1. The summed E-state index contributed by atoms with van der Waals surface area (Å²) in [4.78, 5) is 5.15. The zero-order valence-electron chi connectivity index (χ0n) is 7.72. The van der Waals surface area contributed by atoms with E-state index in [1.54, 1.807) is 6.20 Å². The molecule has 0 aliphatic carbocycles. The summed E-state index contributed by atoms with van der Waals surface area (Å²) in [5, 5.41) is 0.679. The van der Waals surface area contributed by atoms with Gasteiger partial charge in [-0.2, -0.15) is 0 Å². The van der Waals surface area contributed by atoms with Crippen molar-refractivity contribution in [2.75, 3.05) is 0 Å². The Morgan fingerprint density at radius 3 is 2.67 bits per heavy atom. The molecule has 0 aliphatic heterocycles. The molecule has 0 radical (unpaired) electrons. The molecule has 0 fully saturated rings. The van der Waals surface area contributed by atoms with Gasteiger partial charge < -0.3 is 0 Å². The van der Waals surface area contributed by atoms with E-state index in [4.69, 9.17) is 0 Å². The normalized spacial score (nSPS) is 10.7. The summed E-state index contributed by atoms with van der Waals surface area (Å²) in [5.74, 6) is -1.74. The molecule has 15 heavy (non-hydrogen) atoms. The first kappa shape index (κ1) is 10.7. The van der Waals surface area contributed by atoms with Crippen molar-refractivity contribution >= 4 is 27.3 Å². The average Bonchev–Trinajstić information content (AvgIpc) is 2.61. The van der Waals surface area contributed by atoms with Gasteiger partial charge in [-0.05, 0) is 35.0 Å². The minimum absolute atomic E-state index is 0.122. The Hall–Kier alpha value is -0.810. The van der Waals surface area contributed by atoms with Crippen LogP contribution >= 0.6 is 27.3 Å². The van der Waals surface area contributed by atoms with Crippen LogP contribution in [0.15, 0.2) is 22.8 Å². The molecule has 0 bridgehead atoms. The molecular weight excluding hydrogens is 284 g/mol. The van der Waals surface area contributed by atoms with Crippen molar-refractivity contribution in [3.05, 3.63) is 39.3 Å². The lowest BCUT2D eigenvalue weighted by atomic mass is 10.2. The van der Waals surface area contributed by atoms with Crippen molar-refractivity contribution in [3.63, 3.8) is 0 Å². The Morgan fingerprint density at radius 2 is 2.07 bits per heavy atom. The molecule has 1 aromatic carbocycles. The number of aromatic nitrogens is 1. The van der Waals surface area contributed by atoms with Crippen LogP contribution in [-0.2, 0) is 0 Å². The van der Waals surface area contributed by atoms with E-state index in [1.807, 2.05) is 6.92 Å². The third kappa shape index (κ3) is 1.94. The number of benzene rings is 1. The van der Waals surface area contributed by atoms with Crippen LogP contribution in [0.25, 0.3) is 10.6 Å². The zero-order valence-corrected chi connectivity index (χ0v) is 10.1. The first-order chi connectivity index (χ1) is 7.09. The largest absolute Gasteiger partial charge is 0.244 e. The second-order valence-corrected chi connectivity index (χ2v) is 5.03. The molecule has 0 saturated heterocycles. The summed E-state index contributed by atoms with van der Waals surface area (Å²) in [6, 6.07) is 2.62. The highest BCUT2D eigenvalue weighted by atomic mass is 79.9. The van der Waals surface area contributed by atoms with Gasteiger partial charge in [-0.1, -0.05) is 0 Å². The summed E-state index contributed by atoms with van der Waals surface area (Å²) in [6.07, 6.45) is 1.70. The van der Waals surface area contributed by atoms with Gasteiger partial charge in [0.25, 0.3) is 0 Å². The van der Waals surface area contributed by atoms with Gasteiger partial charge in [0.05, 0.1) is 4.47 Å². The maximum Gasteiger partial charge on any atom is 0.173 e. The highest BCUT2D eigenvalue weighted by Crippen LogP contribution is 2.33. The van der Waals surface area contributed by atoms with Gasteiger partial charge in [0, 0.05) is 16.6 Å². The molecule has 0 amide bonds. The lowest BCUT2D eigenvalue weighted by molar-refractivity contribution is 0.505.